The summed E-state index contributed by atoms with van der Waals surface area (Å²) in [6.07, 6.45) is 5.45. The Morgan fingerprint density at radius 3 is 2.93 bits per heavy atom. The molecule has 1 saturated carbocycles. The van der Waals surface area contributed by atoms with Crippen molar-refractivity contribution in [1.29, 1.82) is 0 Å². The number of nitrogens with zero attached hydrogens (tertiary/aromatic N) is 4. The van der Waals surface area contributed by atoms with Crippen LogP contribution in [0.4, 0.5) is 0 Å². The van der Waals surface area contributed by atoms with Crippen LogP contribution in [0.3, 0.4) is 0 Å². The minimum Gasteiger partial charge on any atom is -0.387 e. The fourth-order valence-corrected chi connectivity index (χ4v) is 4.82. The maximum atomic E-state index is 10.7. The predicted molar refractivity (Wildman–Crippen MR) is 106 cm³/mol. The Hall–Kier alpha value is -2.35. The molecule has 1 aliphatic rings. The number of aliphatic hydroxyl groups is 1. The number of hydrogen-bond donors (Lipinski definition) is 1. The maximum absolute atomic E-state index is 10.7. The number of aromatic nitrogens is 4. The molecule has 1 fully saturated rings. The summed E-state index contributed by atoms with van der Waals surface area (Å²) in [5.41, 5.74) is 2.58. The van der Waals surface area contributed by atoms with Gasteiger partial charge in [-0.25, -0.2) is 9.97 Å². The highest BCUT2D eigenvalue weighted by Crippen LogP contribution is 2.42. The first-order valence-corrected chi connectivity index (χ1v) is 9.83. The molecular weight excluding hydrogens is 360 g/mol. The van der Waals surface area contributed by atoms with E-state index in [1.807, 2.05) is 25.5 Å². The van der Waals surface area contributed by atoms with Crippen LogP contribution < -0.4 is 0 Å². The number of aryl methyl sites for hydroxylation is 1. The van der Waals surface area contributed by atoms with Crippen molar-refractivity contribution in [3.8, 4) is 11.3 Å². The van der Waals surface area contributed by atoms with Crippen molar-refractivity contribution in [3.63, 3.8) is 0 Å². The van der Waals surface area contributed by atoms with Crippen LogP contribution in [0.5, 0.6) is 0 Å². The molecule has 4 heterocycles. The van der Waals surface area contributed by atoms with Gasteiger partial charge >= 0.3 is 0 Å². The van der Waals surface area contributed by atoms with Gasteiger partial charge in [-0.1, -0.05) is 0 Å². The lowest BCUT2D eigenvalue weighted by molar-refractivity contribution is -0.0501. The zero-order valence-electron chi connectivity index (χ0n) is 15.2. The number of thiophene rings is 1. The maximum Gasteiger partial charge on any atom is 0.181 e. The Kier molecular flexibility index (Phi) is 3.96. The Balaban J connectivity index is 1.46. The van der Waals surface area contributed by atoms with Crippen LogP contribution in [-0.4, -0.2) is 38.1 Å². The number of methoxy groups -OCH3 is 1. The number of ether oxygens (including phenoxy) is 1. The molecule has 4 aromatic heterocycles. The smallest absolute Gasteiger partial charge is 0.181 e. The molecule has 1 atom stereocenters. The van der Waals surface area contributed by atoms with Gasteiger partial charge in [0.25, 0.3) is 0 Å². The molecule has 1 aliphatic carbocycles. The molecule has 6 nitrogen and oxygen atoms in total. The van der Waals surface area contributed by atoms with Crippen LogP contribution in [0.2, 0.25) is 0 Å². The van der Waals surface area contributed by atoms with Crippen molar-refractivity contribution >= 4 is 32.6 Å². The van der Waals surface area contributed by atoms with E-state index in [1.165, 1.54) is 0 Å². The summed E-state index contributed by atoms with van der Waals surface area (Å²) in [5.74, 6) is 0.277. The van der Waals surface area contributed by atoms with Crippen molar-refractivity contribution in [2.24, 2.45) is 13.0 Å². The topological polar surface area (TPSA) is 73.1 Å². The number of fused-ring (bicyclic) bond motifs is 2. The number of aliphatic hydroxyl groups excluding tert-OH is 1. The summed E-state index contributed by atoms with van der Waals surface area (Å²) >= 11 is 1.57. The van der Waals surface area contributed by atoms with E-state index < -0.39 is 6.10 Å². The molecule has 0 unspecified atom stereocenters. The summed E-state index contributed by atoms with van der Waals surface area (Å²) in [5, 5.41) is 17.0. The van der Waals surface area contributed by atoms with E-state index in [2.05, 4.69) is 28.3 Å². The molecule has 4 aromatic rings. The summed E-state index contributed by atoms with van der Waals surface area (Å²) in [4.78, 5) is 11.2. The van der Waals surface area contributed by atoms with Gasteiger partial charge in [0.2, 0.25) is 0 Å². The van der Waals surface area contributed by atoms with Crippen molar-refractivity contribution in [1.82, 2.24) is 19.7 Å². The van der Waals surface area contributed by atoms with Gasteiger partial charge in [-0.15, -0.1) is 11.3 Å². The Morgan fingerprint density at radius 2 is 2.11 bits per heavy atom. The highest BCUT2D eigenvalue weighted by molar-refractivity contribution is 7.18. The highest BCUT2D eigenvalue weighted by Gasteiger charge is 2.35. The predicted octanol–water partition coefficient (Wildman–Crippen LogP) is 3.70. The fraction of sp³-hybridized carbons (Fsp3) is 0.350. The molecule has 0 spiro atoms. The Labute approximate surface area is 160 Å². The summed E-state index contributed by atoms with van der Waals surface area (Å²) in [6.45, 7) is 0. The molecule has 138 valence electrons. The highest BCUT2D eigenvalue weighted by atomic mass is 32.1. The number of hydrogen-bond acceptors (Lipinski definition) is 6. The van der Waals surface area contributed by atoms with Crippen molar-refractivity contribution in [2.45, 2.75) is 25.0 Å². The quantitative estimate of drug-likeness (QED) is 0.584. The third-order valence-electron chi connectivity index (χ3n) is 5.37. The molecule has 0 aromatic carbocycles. The first kappa shape index (κ1) is 16.8. The average Bonchev–Trinajstić information content (AvgIpc) is 3.21. The van der Waals surface area contributed by atoms with Crippen LogP contribution in [0.25, 0.3) is 32.5 Å². The molecule has 5 rings (SSSR count). The second-order valence-electron chi connectivity index (χ2n) is 7.21. The average molecular weight is 380 g/mol. The van der Waals surface area contributed by atoms with E-state index >= 15 is 0 Å². The van der Waals surface area contributed by atoms with E-state index in [0.29, 0.717) is 6.10 Å². The fourth-order valence-electron chi connectivity index (χ4n) is 3.71. The summed E-state index contributed by atoms with van der Waals surface area (Å²) in [7, 11) is 3.62. The number of pyridine rings is 2. The molecule has 0 aliphatic heterocycles. The molecule has 0 saturated heterocycles. The van der Waals surface area contributed by atoms with Gasteiger partial charge in [0.05, 0.1) is 17.9 Å². The van der Waals surface area contributed by atoms with Crippen LogP contribution >= 0.6 is 11.3 Å². The standard InChI is InChI=1S/C20H20N4O2S/c1-24-10-14-5-13(9-21-19(14)23-24)16-4-3-11-8-17(27-20(11)22-16)18(25)12-6-15(7-12)26-2/h3-5,8-10,12,15,18,25H,6-7H2,1-2H3/t12?,15?,18-/m1/s1. The minimum atomic E-state index is -0.438. The molecule has 1 N–H and O–H groups in total. The van der Waals surface area contributed by atoms with Crippen LogP contribution in [-0.2, 0) is 11.8 Å². The zero-order chi connectivity index (χ0) is 18.5. The second kappa shape index (κ2) is 6.37. The van der Waals surface area contributed by atoms with Crippen molar-refractivity contribution in [3.05, 3.63) is 41.5 Å². The largest absolute Gasteiger partial charge is 0.387 e. The first-order chi connectivity index (χ1) is 13.1. The number of rotatable bonds is 4. The second-order valence-corrected chi connectivity index (χ2v) is 8.28. The third kappa shape index (κ3) is 2.92. The van der Waals surface area contributed by atoms with E-state index in [0.717, 1.165) is 50.2 Å². The Morgan fingerprint density at radius 1 is 1.26 bits per heavy atom. The lowest BCUT2D eigenvalue weighted by atomic mass is 9.78. The van der Waals surface area contributed by atoms with Gasteiger partial charge in [0.15, 0.2) is 5.65 Å². The van der Waals surface area contributed by atoms with Gasteiger partial charge in [0, 0.05) is 47.8 Å². The minimum absolute atomic E-state index is 0.277. The zero-order valence-corrected chi connectivity index (χ0v) is 16.0. The molecule has 27 heavy (non-hydrogen) atoms. The van der Waals surface area contributed by atoms with Gasteiger partial charge in [-0.05, 0) is 43.0 Å². The normalized spacial score (nSPS) is 20.9. The van der Waals surface area contributed by atoms with Gasteiger partial charge < -0.3 is 9.84 Å². The summed E-state index contributed by atoms with van der Waals surface area (Å²) < 4.78 is 7.09. The van der Waals surface area contributed by atoms with Gasteiger partial charge in [0.1, 0.15) is 4.83 Å². The lowest BCUT2D eigenvalue weighted by Gasteiger charge is -2.36. The van der Waals surface area contributed by atoms with Crippen LogP contribution in [0.15, 0.2) is 36.7 Å². The van der Waals surface area contributed by atoms with E-state index in [9.17, 15) is 5.11 Å². The molecular formula is C20H20N4O2S. The molecule has 0 radical (unpaired) electrons. The summed E-state index contributed by atoms with van der Waals surface area (Å²) in [6, 6.07) is 8.20. The van der Waals surface area contributed by atoms with Crippen LogP contribution in [0, 0.1) is 5.92 Å². The van der Waals surface area contributed by atoms with E-state index in [1.54, 1.807) is 23.1 Å². The Bertz CT molecular complexity index is 1130. The third-order valence-corrected chi connectivity index (χ3v) is 6.49. The van der Waals surface area contributed by atoms with E-state index in [4.69, 9.17) is 9.72 Å². The molecule has 0 bridgehead atoms. The van der Waals surface area contributed by atoms with E-state index in [-0.39, 0.29) is 5.92 Å². The van der Waals surface area contributed by atoms with Gasteiger partial charge in [-0.2, -0.15) is 5.10 Å². The van der Waals surface area contributed by atoms with Gasteiger partial charge in [-0.3, -0.25) is 4.68 Å². The monoisotopic (exact) mass is 380 g/mol. The lowest BCUT2D eigenvalue weighted by Crippen LogP contribution is -2.34. The van der Waals surface area contributed by atoms with Crippen LogP contribution in [0.1, 0.15) is 23.8 Å². The van der Waals surface area contributed by atoms with Crippen molar-refractivity contribution < 1.29 is 9.84 Å². The molecule has 0 amide bonds. The first-order valence-electron chi connectivity index (χ1n) is 9.02. The SMILES string of the molecule is COC1CC([C@@H](O)c2cc3ccc(-c4cnc5nn(C)cc5c4)nc3s2)C1. The molecule has 7 heteroatoms. The van der Waals surface area contributed by atoms with Crippen molar-refractivity contribution in [2.75, 3.05) is 7.11 Å².